The number of fused-ring (bicyclic) bond motifs is 1. The molecule has 0 radical (unpaired) electrons. The lowest BCUT2D eigenvalue weighted by molar-refractivity contribution is -0.152. The maximum atomic E-state index is 12.9. The SMILES string of the molecule is CN(C(=O)C1(C)Cc2ccccc2C(=O)O1)C1CCCCC1. The van der Waals surface area contributed by atoms with Crippen LogP contribution in [0.2, 0.25) is 0 Å². The molecular formula is C18H23NO3. The van der Waals surface area contributed by atoms with Gasteiger partial charge in [0.05, 0.1) is 5.56 Å². The summed E-state index contributed by atoms with van der Waals surface area (Å²) in [5.74, 6) is -0.475. The Labute approximate surface area is 131 Å². The number of esters is 1. The number of amides is 1. The molecule has 22 heavy (non-hydrogen) atoms. The standard InChI is InChI=1S/C18H23NO3/c1-18(17(21)19(2)14-9-4-3-5-10-14)12-13-8-6-7-11-15(13)16(20)22-18/h6-8,11,14H,3-5,9-10,12H2,1-2H3. The van der Waals surface area contributed by atoms with Gasteiger partial charge in [-0.1, -0.05) is 37.5 Å². The number of hydrogen-bond donors (Lipinski definition) is 0. The molecule has 2 aliphatic rings. The summed E-state index contributed by atoms with van der Waals surface area (Å²) in [7, 11) is 1.85. The molecule has 1 amide bonds. The highest BCUT2D eigenvalue weighted by Crippen LogP contribution is 2.31. The average molecular weight is 301 g/mol. The fourth-order valence-corrected chi connectivity index (χ4v) is 3.66. The lowest BCUT2D eigenvalue weighted by atomic mass is 9.87. The zero-order valence-corrected chi connectivity index (χ0v) is 13.3. The van der Waals surface area contributed by atoms with E-state index < -0.39 is 11.6 Å². The van der Waals surface area contributed by atoms with Crippen molar-refractivity contribution in [2.24, 2.45) is 0 Å². The number of hydrogen-bond acceptors (Lipinski definition) is 3. The maximum absolute atomic E-state index is 12.9. The van der Waals surface area contributed by atoms with Crippen LogP contribution in [0.5, 0.6) is 0 Å². The summed E-state index contributed by atoms with van der Waals surface area (Å²) in [6.07, 6.45) is 6.12. The van der Waals surface area contributed by atoms with E-state index in [4.69, 9.17) is 4.74 Å². The Bertz CT molecular complexity index is 592. The van der Waals surface area contributed by atoms with Gasteiger partial charge in [0.15, 0.2) is 5.60 Å². The molecule has 1 heterocycles. The highest BCUT2D eigenvalue weighted by Gasteiger charge is 2.45. The van der Waals surface area contributed by atoms with E-state index in [-0.39, 0.29) is 11.9 Å². The average Bonchev–Trinajstić information content (AvgIpc) is 2.54. The van der Waals surface area contributed by atoms with Crippen molar-refractivity contribution in [2.75, 3.05) is 7.05 Å². The Balaban J connectivity index is 1.81. The van der Waals surface area contributed by atoms with E-state index in [0.29, 0.717) is 12.0 Å². The fraction of sp³-hybridized carbons (Fsp3) is 0.556. The van der Waals surface area contributed by atoms with Gasteiger partial charge in [0.25, 0.3) is 5.91 Å². The summed E-state index contributed by atoms with van der Waals surface area (Å²) in [5, 5.41) is 0. The number of nitrogens with zero attached hydrogens (tertiary/aromatic N) is 1. The van der Waals surface area contributed by atoms with Crippen molar-refractivity contribution in [3.8, 4) is 0 Å². The fourth-order valence-electron chi connectivity index (χ4n) is 3.66. The quantitative estimate of drug-likeness (QED) is 0.789. The monoisotopic (exact) mass is 301 g/mol. The highest BCUT2D eigenvalue weighted by atomic mass is 16.6. The van der Waals surface area contributed by atoms with Gasteiger partial charge in [-0.25, -0.2) is 4.79 Å². The molecule has 1 aliphatic carbocycles. The molecule has 1 aromatic carbocycles. The molecule has 1 aromatic rings. The third-order valence-electron chi connectivity index (χ3n) is 4.98. The van der Waals surface area contributed by atoms with Crippen molar-refractivity contribution in [3.05, 3.63) is 35.4 Å². The van der Waals surface area contributed by atoms with Crippen molar-refractivity contribution < 1.29 is 14.3 Å². The van der Waals surface area contributed by atoms with E-state index in [1.54, 1.807) is 17.9 Å². The summed E-state index contributed by atoms with van der Waals surface area (Å²) in [5.41, 5.74) is 0.386. The molecule has 1 fully saturated rings. The second kappa shape index (κ2) is 5.75. The second-order valence-corrected chi connectivity index (χ2v) is 6.66. The molecule has 1 aliphatic heterocycles. The first-order valence-electron chi connectivity index (χ1n) is 8.10. The van der Waals surface area contributed by atoms with Crippen LogP contribution in [0.3, 0.4) is 0 Å². The molecule has 1 saturated carbocycles. The van der Waals surface area contributed by atoms with Gasteiger partial charge in [-0.15, -0.1) is 0 Å². The van der Waals surface area contributed by atoms with Crippen LogP contribution in [-0.4, -0.2) is 35.5 Å². The van der Waals surface area contributed by atoms with Crippen LogP contribution in [0, 0.1) is 0 Å². The Kier molecular flexibility index (Phi) is 3.94. The highest BCUT2D eigenvalue weighted by molar-refractivity contribution is 5.97. The van der Waals surface area contributed by atoms with Gasteiger partial charge in [-0.05, 0) is 31.4 Å². The lowest BCUT2D eigenvalue weighted by Crippen LogP contribution is -2.54. The Morgan fingerprint density at radius 1 is 1.23 bits per heavy atom. The molecule has 118 valence electrons. The molecule has 0 spiro atoms. The first-order valence-corrected chi connectivity index (χ1v) is 8.10. The number of likely N-dealkylation sites (N-methyl/N-ethyl adjacent to an activating group) is 1. The minimum Gasteiger partial charge on any atom is -0.445 e. The van der Waals surface area contributed by atoms with E-state index in [1.165, 1.54) is 19.3 Å². The van der Waals surface area contributed by atoms with Gasteiger partial charge < -0.3 is 9.64 Å². The topological polar surface area (TPSA) is 46.6 Å². The smallest absolute Gasteiger partial charge is 0.339 e. The minimum atomic E-state index is -1.09. The first-order chi connectivity index (χ1) is 10.5. The molecule has 0 N–H and O–H groups in total. The van der Waals surface area contributed by atoms with E-state index in [0.717, 1.165) is 18.4 Å². The lowest BCUT2D eigenvalue weighted by Gasteiger charge is -2.39. The minimum absolute atomic E-state index is 0.0812. The van der Waals surface area contributed by atoms with Crippen LogP contribution >= 0.6 is 0 Å². The van der Waals surface area contributed by atoms with E-state index >= 15 is 0 Å². The summed E-state index contributed by atoms with van der Waals surface area (Å²) < 4.78 is 5.54. The van der Waals surface area contributed by atoms with Crippen LogP contribution in [0.1, 0.15) is 54.9 Å². The number of carbonyl (C=O) groups is 2. The second-order valence-electron chi connectivity index (χ2n) is 6.66. The van der Waals surface area contributed by atoms with Gasteiger partial charge >= 0.3 is 5.97 Å². The first kappa shape index (κ1) is 15.1. The maximum Gasteiger partial charge on any atom is 0.339 e. The predicted octanol–water partition coefficient (Wildman–Crippen LogP) is 2.95. The third-order valence-corrected chi connectivity index (χ3v) is 4.98. The van der Waals surface area contributed by atoms with Crippen LogP contribution in [0.4, 0.5) is 0 Å². The zero-order valence-electron chi connectivity index (χ0n) is 13.3. The molecule has 4 heteroatoms. The molecule has 3 rings (SSSR count). The third kappa shape index (κ3) is 2.62. The molecule has 1 atom stereocenters. The molecule has 1 unspecified atom stereocenters. The molecule has 0 bridgehead atoms. The largest absolute Gasteiger partial charge is 0.445 e. The summed E-state index contributed by atoms with van der Waals surface area (Å²) in [6, 6.07) is 7.65. The summed E-state index contributed by atoms with van der Waals surface area (Å²) >= 11 is 0. The Morgan fingerprint density at radius 3 is 2.64 bits per heavy atom. The van der Waals surface area contributed by atoms with Gasteiger partial charge in [-0.2, -0.15) is 0 Å². The number of carbonyl (C=O) groups excluding carboxylic acids is 2. The summed E-state index contributed by atoms with van der Waals surface area (Å²) in [6.45, 7) is 1.74. The van der Waals surface area contributed by atoms with Crippen molar-refractivity contribution in [3.63, 3.8) is 0 Å². The molecule has 0 saturated heterocycles. The summed E-state index contributed by atoms with van der Waals surface area (Å²) in [4.78, 5) is 26.9. The normalized spacial score (nSPS) is 25.3. The zero-order chi connectivity index (χ0) is 15.7. The molecule has 4 nitrogen and oxygen atoms in total. The van der Waals surface area contributed by atoms with Crippen LogP contribution < -0.4 is 0 Å². The number of benzene rings is 1. The number of ether oxygens (including phenoxy) is 1. The number of cyclic esters (lactones) is 1. The van der Waals surface area contributed by atoms with Crippen LogP contribution in [-0.2, 0) is 16.0 Å². The van der Waals surface area contributed by atoms with E-state index in [1.807, 2.05) is 25.2 Å². The Hall–Kier alpha value is -1.84. The van der Waals surface area contributed by atoms with Gasteiger partial charge in [0, 0.05) is 19.5 Å². The van der Waals surface area contributed by atoms with Gasteiger partial charge in [0.1, 0.15) is 0 Å². The molecule has 0 aromatic heterocycles. The van der Waals surface area contributed by atoms with Crippen LogP contribution in [0.25, 0.3) is 0 Å². The predicted molar refractivity (Wildman–Crippen MR) is 83.6 cm³/mol. The number of rotatable bonds is 2. The van der Waals surface area contributed by atoms with Crippen molar-refractivity contribution in [1.29, 1.82) is 0 Å². The van der Waals surface area contributed by atoms with Crippen molar-refractivity contribution in [1.82, 2.24) is 4.90 Å². The van der Waals surface area contributed by atoms with Crippen LogP contribution in [0.15, 0.2) is 24.3 Å². The molecular weight excluding hydrogens is 278 g/mol. The van der Waals surface area contributed by atoms with Crippen molar-refractivity contribution >= 4 is 11.9 Å². The van der Waals surface area contributed by atoms with E-state index in [2.05, 4.69) is 0 Å². The van der Waals surface area contributed by atoms with Crippen molar-refractivity contribution in [2.45, 2.75) is 57.1 Å². The van der Waals surface area contributed by atoms with Gasteiger partial charge in [-0.3, -0.25) is 4.79 Å². The Morgan fingerprint density at radius 2 is 1.91 bits per heavy atom. The van der Waals surface area contributed by atoms with E-state index in [9.17, 15) is 9.59 Å². The van der Waals surface area contributed by atoms with Gasteiger partial charge in [0.2, 0.25) is 0 Å².